The van der Waals surface area contributed by atoms with Gasteiger partial charge >= 0.3 is 0 Å². The zero-order valence-corrected chi connectivity index (χ0v) is 11.3. The number of anilines is 1. The Labute approximate surface area is 110 Å². The first-order valence-corrected chi connectivity index (χ1v) is 6.94. The normalized spacial score (nSPS) is 16.4. The van der Waals surface area contributed by atoms with E-state index in [-0.39, 0.29) is 0 Å². The minimum Gasteiger partial charge on any atom is -0.357 e. The van der Waals surface area contributed by atoms with Crippen LogP contribution < -0.4 is 4.90 Å². The lowest BCUT2D eigenvalue weighted by atomic mass is 10.1. The van der Waals surface area contributed by atoms with Crippen molar-refractivity contribution >= 4 is 32.7 Å². The summed E-state index contributed by atoms with van der Waals surface area (Å²) >= 11 is 3.57. The van der Waals surface area contributed by atoms with Crippen LogP contribution in [0.15, 0.2) is 34.8 Å². The van der Waals surface area contributed by atoms with E-state index in [2.05, 4.69) is 51.2 Å². The molecule has 3 rings (SSSR count). The fourth-order valence-corrected chi connectivity index (χ4v) is 2.87. The highest BCUT2D eigenvalue weighted by Gasteiger charge is 2.12. The van der Waals surface area contributed by atoms with E-state index in [4.69, 9.17) is 4.98 Å². The molecule has 1 fully saturated rings. The maximum Gasteiger partial charge on any atom is 0.129 e. The van der Waals surface area contributed by atoms with Gasteiger partial charge in [0.15, 0.2) is 0 Å². The predicted octanol–water partition coefficient (Wildman–Crippen LogP) is 3.99. The smallest absolute Gasteiger partial charge is 0.129 e. The van der Waals surface area contributed by atoms with Crippen LogP contribution in [0.25, 0.3) is 10.9 Å². The molecule has 1 aromatic heterocycles. The quantitative estimate of drug-likeness (QED) is 0.790. The number of fused-ring (bicyclic) bond motifs is 1. The standard InChI is InChI=1S/C14H15BrN2/c15-12-6-4-5-11-7-8-13(16-14(11)12)17-9-2-1-3-10-17/h4-8H,1-3,9-10H2. The number of para-hydroxylation sites is 1. The zero-order chi connectivity index (χ0) is 11.7. The lowest BCUT2D eigenvalue weighted by molar-refractivity contribution is 0.574. The van der Waals surface area contributed by atoms with E-state index >= 15 is 0 Å². The van der Waals surface area contributed by atoms with Crippen LogP contribution in [0.4, 0.5) is 5.82 Å². The molecule has 2 nitrogen and oxygen atoms in total. The average molecular weight is 291 g/mol. The number of benzene rings is 1. The summed E-state index contributed by atoms with van der Waals surface area (Å²) in [4.78, 5) is 7.17. The molecule has 0 bridgehead atoms. The highest BCUT2D eigenvalue weighted by atomic mass is 79.9. The molecule has 1 aliphatic heterocycles. The van der Waals surface area contributed by atoms with Crippen molar-refractivity contribution in [2.24, 2.45) is 0 Å². The van der Waals surface area contributed by atoms with Crippen LogP contribution in [-0.2, 0) is 0 Å². The molecule has 0 saturated carbocycles. The SMILES string of the molecule is Brc1cccc2ccc(N3CCCCC3)nc12. The summed E-state index contributed by atoms with van der Waals surface area (Å²) in [5, 5.41) is 1.19. The van der Waals surface area contributed by atoms with Gasteiger partial charge in [-0.05, 0) is 53.4 Å². The van der Waals surface area contributed by atoms with Crippen molar-refractivity contribution < 1.29 is 0 Å². The molecule has 17 heavy (non-hydrogen) atoms. The molecule has 2 aromatic rings. The average Bonchev–Trinajstić information content (AvgIpc) is 2.40. The predicted molar refractivity (Wildman–Crippen MR) is 75.5 cm³/mol. The van der Waals surface area contributed by atoms with Crippen LogP contribution in [0, 0.1) is 0 Å². The second kappa shape index (κ2) is 4.65. The van der Waals surface area contributed by atoms with E-state index in [0.29, 0.717) is 0 Å². The van der Waals surface area contributed by atoms with Gasteiger partial charge < -0.3 is 4.90 Å². The van der Waals surface area contributed by atoms with Crippen LogP contribution >= 0.6 is 15.9 Å². The monoisotopic (exact) mass is 290 g/mol. The maximum atomic E-state index is 4.78. The Kier molecular flexibility index (Phi) is 3.02. The van der Waals surface area contributed by atoms with Crippen LogP contribution in [0.5, 0.6) is 0 Å². The van der Waals surface area contributed by atoms with Crippen molar-refractivity contribution in [2.45, 2.75) is 19.3 Å². The summed E-state index contributed by atoms with van der Waals surface area (Å²) < 4.78 is 1.08. The Morgan fingerprint density at radius 3 is 2.65 bits per heavy atom. The number of hydrogen-bond acceptors (Lipinski definition) is 2. The molecule has 0 radical (unpaired) electrons. The second-order valence-corrected chi connectivity index (χ2v) is 5.38. The number of pyridine rings is 1. The molecule has 1 aliphatic rings. The number of hydrogen-bond donors (Lipinski definition) is 0. The van der Waals surface area contributed by atoms with Gasteiger partial charge in [0.1, 0.15) is 5.82 Å². The van der Waals surface area contributed by atoms with Crippen molar-refractivity contribution in [1.29, 1.82) is 0 Å². The summed E-state index contributed by atoms with van der Waals surface area (Å²) in [5.74, 6) is 1.11. The topological polar surface area (TPSA) is 16.1 Å². The van der Waals surface area contributed by atoms with Gasteiger partial charge in [0, 0.05) is 22.9 Å². The molecule has 0 amide bonds. The molecule has 0 atom stereocenters. The molecule has 0 N–H and O–H groups in total. The highest BCUT2D eigenvalue weighted by molar-refractivity contribution is 9.10. The van der Waals surface area contributed by atoms with E-state index < -0.39 is 0 Å². The number of halogens is 1. The van der Waals surface area contributed by atoms with Crippen LogP contribution in [0.1, 0.15) is 19.3 Å². The van der Waals surface area contributed by atoms with Gasteiger partial charge in [-0.15, -0.1) is 0 Å². The number of nitrogens with zero attached hydrogens (tertiary/aromatic N) is 2. The molecule has 88 valence electrons. The maximum absolute atomic E-state index is 4.78. The van der Waals surface area contributed by atoms with E-state index in [0.717, 1.165) is 28.9 Å². The van der Waals surface area contributed by atoms with Crippen LogP contribution in [0.2, 0.25) is 0 Å². The van der Waals surface area contributed by atoms with Crippen molar-refractivity contribution in [3.8, 4) is 0 Å². The Morgan fingerprint density at radius 2 is 1.82 bits per heavy atom. The fraction of sp³-hybridized carbons (Fsp3) is 0.357. The van der Waals surface area contributed by atoms with Crippen molar-refractivity contribution in [3.05, 3.63) is 34.8 Å². The minimum atomic E-state index is 1.07. The molecule has 0 aliphatic carbocycles. The third-order valence-electron chi connectivity index (χ3n) is 3.34. The van der Waals surface area contributed by atoms with Gasteiger partial charge in [0.25, 0.3) is 0 Å². The molecule has 2 heterocycles. The van der Waals surface area contributed by atoms with Crippen LogP contribution in [0.3, 0.4) is 0 Å². The summed E-state index contributed by atoms with van der Waals surface area (Å²) in [6.07, 6.45) is 3.93. The van der Waals surface area contributed by atoms with Gasteiger partial charge in [0.05, 0.1) is 5.52 Å². The van der Waals surface area contributed by atoms with Crippen LogP contribution in [-0.4, -0.2) is 18.1 Å². The first-order chi connectivity index (χ1) is 8.34. The molecule has 0 spiro atoms. The third-order valence-corrected chi connectivity index (χ3v) is 3.98. The van der Waals surface area contributed by atoms with Gasteiger partial charge in [0.2, 0.25) is 0 Å². The summed E-state index contributed by atoms with van der Waals surface area (Å²) in [6, 6.07) is 10.5. The van der Waals surface area contributed by atoms with Gasteiger partial charge in [-0.2, -0.15) is 0 Å². The van der Waals surface area contributed by atoms with Gasteiger partial charge in [-0.1, -0.05) is 12.1 Å². The highest BCUT2D eigenvalue weighted by Crippen LogP contribution is 2.26. The lowest BCUT2D eigenvalue weighted by Crippen LogP contribution is -2.30. The first kappa shape index (κ1) is 11.0. The summed E-state index contributed by atoms with van der Waals surface area (Å²) in [5.41, 5.74) is 1.07. The summed E-state index contributed by atoms with van der Waals surface area (Å²) in [6.45, 7) is 2.28. The fourth-order valence-electron chi connectivity index (χ4n) is 2.40. The molecular weight excluding hydrogens is 276 g/mol. The van der Waals surface area contributed by atoms with Crippen molar-refractivity contribution in [1.82, 2.24) is 4.98 Å². The van der Waals surface area contributed by atoms with E-state index in [1.807, 2.05) is 0 Å². The second-order valence-electron chi connectivity index (χ2n) is 4.53. The number of piperidine rings is 1. The molecule has 1 saturated heterocycles. The van der Waals surface area contributed by atoms with Crippen molar-refractivity contribution in [2.75, 3.05) is 18.0 Å². The number of rotatable bonds is 1. The Bertz CT molecular complexity index is 533. The lowest BCUT2D eigenvalue weighted by Gasteiger charge is -2.27. The largest absolute Gasteiger partial charge is 0.357 e. The molecule has 3 heteroatoms. The molecule has 1 aromatic carbocycles. The third kappa shape index (κ3) is 2.16. The Hall–Kier alpha value is -1.09. The first-order valence-electron chi connectivity index (χ1n) is 6.15. The van der Waals surface area contributed by atoms with E-state index in [1.165, 1.54) is 24.6 Å². The Morgan fingerprint density at radius 1 is 1.00 bits per heavy atom. The minimum absolute atomic E-state index is 1.07. The Balaban J connectivity index is 2.03. The van der Waals surface area contributed by atoms with Gasteiger partial charge in [-0.25, -0.2) is 4.98 Å². The van der Waals surface area contributed by atoms with Gasteiger partial charge in [-0.3, -0.25) is 0 Å². The summed E-state index contributed by atoms with van der Waals surface area (Å²) in [7, 11) is 0. The molecular formula is C14H15BrN2. The van der Waals surface area contributed by atoms with E-state index in [1.54, 1.807) is 0 Å². The van der Waals surface area contributed by atoms with E-state index in [9.17, 15) is 0 Å². The zero-order valence-electron chi connectivity index (χ0n) is 9.69. The number of aromatic nitrogens is 1. The van der Waals surface area contributed by atoms with Crippen molar-refractivity contribution in [3.63, 3.8) is 0 Å². The molecule has 0 unspecified atom stereocenters.